The molecule has 176 valence electrons. The van der Waals surface area contributed by atoms with Crippen LogP contribution in [0.3, 0.4) is 0 Å². The first-order valence-electron chi connectivity index (χ1n) is 10.4. The van der Waals surface area contributed by atoms with Crippen molar-refractivity contribution in [2.24, 2.45) is 0 Å². The molecule has 0 spiro atoms. The van der Waals surface area contributed by atoms with Crippen LogP contribution in [0, 0.1) is 0 Å². The monoisotopic (exact) mass is 508 g/mol. The number of anilines is 1. The van der Waals surface area contributed by atoms with Gasteiger partial charge in [-0.15, -0.1) is 0 Å². The fourth-order valence-corrected chi connectivity index (χ4v) is 3.90. The van der Waals surface area contributed by atoms with Crippen molar-refractivity contribution in [2.75, 3.05) is 19.0 Å². The number of benzene rings is 3. The quantitative estimate of drug-likeness (QED) is 0.331. The van der Waals surface area contributed by atoms with E-state index in [1.54, 1.807) is 60.7 Å². The van der Waals surface area contributed by atoms with Crippen LogP contribution in [0.25, 0.3) is 22.2 Å². The van der Waals surface area contributed by atoms with Gasteiger partial charge in [0.05, 0.1) is 34.5 Å². The number of rotatable bonds is 6. The van der Waals surface area contributed by atoms with Gasteiger partial charge in [0.15, 0.2) is 6.61 Å². The average molecular weight is 509 g/mol. The largest absolute Gasteiger partial charge is 0.465 e. The maximum absolute atomic E-state index is 13.0. The van der Waals surface area contributed by atoms with E-state index >= 15 is 0 Å². The van der Waals surface area contributed by atoms with Crippen LogP contribution in [-0.2, 0) is 14.3 Å². The normalized spacial score (nSPS) is 10.6. The molecule has 9 heteroatoms. The second kappa shape index (κ2) is 10.5. The van der Waals surface area contributed by atoms with E-state index in [2.05, 4.69) is 15.0 Å². The third-order valence-corrected chi connectivity index (χ3v) is 5.62. The van der Waals surface area contributed by atoms with E-state index in [0.29, 0.717) is 43.5 Å². The Bertz CT molecular complexity index is 1440. The Morgan fingerprint density at radius 3 is 2.37 bits per heavy atom. The van der Waals surface area contributed by atoms with E-state index < -0.39 is 24.5 Å². The Morgan fingerprint density at radius 2 is 1.66 bits per heavy atom. The Labute approximate surface area is 210 Å². The molecule has 0 saturated carbocycles. The molecular weight excluding hydrogens is 491 g/mol. The van der Waals surface area contributed by atoms with Crippen LogP contribution in [-0.4, -0.2) is 36.5 Å². The minimum Gasteiger partial charge on any atom is -0.465 e. The Balaban J connectivity index is 1.52. The summed E-state index contributed by atoms with van der Waals surface area (Å²) in [5.74, 6) is -1.71. The summed E-state index contributed by atoms with van der Waals surface area (Å²) in [5, 5.41) is 4.05. The molecule has 0 bridgehead atoms. The maximum atomic E-state index is 13.0. The van der Waals surface area contributed by atoms with Gasteiger partial charge in [0.1, 0.15) is 0 Å². The van der Waals surface area contributed by atoms with Crippen LogP contribution in [0.4, 0.5) is 5.69 Å². The molecule has 1 heterocycles. The molecule has 0 aliphatic rings. The summed E-state index contributed by atoms with van der Waals surface area (Å²) in [7, 11) is 1.28. The van der Waals surface area contributed by atoms with Gasteiger partial charge in [0.25, 0.3) is 5.91 Å². The van der Waals surface area contributed by atoms with Crippen molar-refractivity contribution >= 4 is 57.6 Å². The zero-order valence-corrected chi connectivity index (χ0v) is 19.9. The highest BCUT2D eigenvalue weighted by Gasteiger charge is 2.18. The van der Waals surface area contributed by atoms with Gasteiger partial charge in [0.2, 0.25) is 0 Å². The lowest BCUT2D eigenvalue weighted by Gasteiger charge is -2.11. The number of amides is 1. The molecular formula is C26H18Cl2N2O5. The summed E-state index contributed by atoms with van der Waals surface area (Å²) in [6.45, 7) is -0.509. The van der Waals surface area contributed by atoms with Gasteiger partial charge in [-0.25, -0.2) is 14.6 Å². The van der Waals surface area contributed by atoms with Gasteiger partial charge in [-0.2, -0.15) is 0 Å². The Kier molecular flexibility index (Phi) is 7.29. The first kappa shape index (κ1) is 24.2. The Morgan fingerprint density at radius 1 is 0.914 bits per heavy atom. The standard InChI is InChI=1S/C26H18Cl2N2O5/c1-34-25(32)15-6-9-17(10-7-15)29-24(31)14-35-26(33)20-13-23(19-11-8-16(27)12-21(19)28)30-22-5-3-2-4-18(20)22/h2-13H,14H2,1H3,(H,29,31). The van der Waals surface area contributed by atoms with Gasteiger partial charge < -0.3 is 14.8 Å². The number of hydrogen-bond donors (Lipinski definition) is 1. The van der Waals surface area contributed by atoms with Crippen LogP contribution in [0.15, 0.2) is 72.8 Å². The number of ether oxygens (including phenoxy) is 2. The number of nitrogens with one attached hydrogen (secondary N) is 1. The minimum atomic E-state index is -0.689. The first-order valence-corrected chi connectivity index (χ1v) is 11.1. The van der Waals surface area contributed by atoms with Crippen molar-refractivity contribution in [3.63, 3.8) is 0 Å². The smallest absolute Gasteiger partial charge is 0.339 e. The summed E-state index contributed by atoms with van der Waals surface area (Å²) in [6.07, 6.45) is 0. The van der Waals surface area contributed by atoms with E-state index in [1.807, 2.05) is 0 Å². The lowest BCUT2D eigenvalue weighted by Crippen LogP contribution is -2.21. The van der Waals surface area contributed by atoms with Gasteiger partial charge in [-0.05, 0) is 54.6 Å². The molecule has 3 aromatic carbocycles. The highest BCUT2D eigenvalue weighted by molar-refractivity contribution is 6.36. The third kappa shape index (κ3) is 5.59. The number of nitrogens with zero attached hydrogens (tertiary/aromatic N) is 1. The molecule has 4 rings (SSSR count). The lowest BCUT2D eigenvalue weighted by molar-refractivity contribution is -0.119. The summed E-state index contributed by atoms with van der Waals surface area (Å²) < 4.78 is 9.92. The van der Waals surface area contributed by atoms with Gasteiger partial charge in [-0.3, -0.25) is 4.79 Å². The maximum Gasteiger partial charge on any atom is 0.339 e. The topological polar surface area (TPSA) is 94.6 Å². The summed E-state index contributed by atoms with van der Waals surface area (Å²) in [4.78, 5) is 41.4. The van der Waals surface area contributed by atoms with E-state index in [-0.39, 0.29) is 5.56 Å². The molecule has 1 amide bonds. The van der Waals surface area contributed by atoms with E-state index in [0.717, 1.165) is 0 Å². The fourth-order valence-electron chi connectivity index (χ4n) is 3.39. The molecule has 0 fully saturated rings. The molecule has 0 aliphatic carbocycles. The number of fused-ring (bicyclic) bond motifs is 1. The molecule has 0 saturated heterocycles. The third-order valence-electron chi connectivity index (χ3n) is 5.07. The van der Waals surface area contributed by atoms with Crippen molar-refractivity contribution in [1.82, 2.24) is 4.98 Å². The zero-order chi connectivity index (χ0) is 24.9. The van der Waals surface area contributed by atoms with E-state index in [1.165, 1.54) is 19.2 Å². The molecule has 0 radical (unpaired) electrons. The molecule has 4 aromatic rings. The van der Waals surface area contributed by atoms with E-state index in [4.69, 9.17) is 27.9 Å². The summed E-state index contributed by atoms with van der Waals surface area (Å²) in [5.41, 5.74) is 2.66. The van der Waals surface area contributed by atoms with Crippen LogP contribution in [0.5, 0.6) is 0 Å². The number of carbonyl (C=O) groups is 3. The molecule has 0 atom stereocenters. The average Bonchev–Trinajstić information content (AvgIpc) is 2.86. The second-order valence-corrected chi connectivity index (χ2v) is 8.23. The SMILES string of the molecule is COC(=O)c1ccc(NC(=O)COC(=O)c2cc(-c3ccc(Cl)cc3Cl)nc3ccccc23)cc1. The van der Waals surface area contributed by atoms with Crippen molar-refractivity contribution < 1.29 is 23.9 Å². The second-order valence-electron chi connectivity index (χ2n) is 7.39. The number of carbonyl (C=O) groups excluding carboxylic acids is 3. The lowest BCUT2D eigenvalue weighted by atomic mass is 10.0. The molecule has 1 N–H and O–H groups in total. The van der Waals surface area contributed by atoms with E-state index in [9.17, 15) is 14.4 Å². The minimum absolute atomic E-state index is 0.242. The Hall–Kier alpha value is -3.94. The van der Waals surface area contributed by atoms with Crippen LogP contribution in [0.2, 0.25) is 10.0 Å². The number of para-hydroxylation sites is 1. The highest BCUT2D eigenvalue weighted by atomic mass is 35.5. The van der Waals surface area contributed by atoms with Crippen LogP contribution in [0.1, 0.15) is 20.7 Å². The molecule has 1 aromatic heterocycles. The summed E-state index contributed by atoms with van der Waals surface area (Å²) in [6, 6.07) is 19.8. The predicted molar refractivity (Wildman–Crippen MR) is 134 cm³/mol. The molecule has 7 nitrogen and oxygen atoms in total. The number of halogens is 2. The number of hydrogen-bond acceptors (Lipinski definition) is 6. The number of aromatic nitrogens is 1. The van der Waals surface area contributed by atoms with Crippen molar-refractivity contribution in [3.8, 4) is 11.3 Å². The van der Waals surface area contributed by atoms with Crippen LogP contribution >= 0.6 is 23.2 Å². The number of pyridine rings is 1. The fraction of sp³-hybridized carbons (Fsp3) is 0.0769. The van der Waals surface area contributed by atoms with Crippen LogP contribution < -0.4 is 5.32 Å². The predicted octanol–water partition coefficient (Wildman–Crippen LogP) is 5.79. The number of esters is 2. The van der Waals surface area contributed by atoms with Crippen molar-refractivity contribution in [1.29, 1.82) is 0 Å². The van der Waals surface area contributed by atoms with Gasteiger partial charge in [0, 0.05) is 21.7 Å². The highest BCUT2D eigenvalue weighted by Crippen LogP contribution is 2.32. The summed E-state index contributed by atoms with van der Waals surface area (Å²) >= 11 is 12.3. The first-order chi connectivity index (χ1) is 16.9. The van der Waals surface area contributed by atoms with Gasteiger partial charge >= 0.3 is 11.9 Å². The molecule has 35 heavy (non-hydrogen) atoms. The molecule has 0 unspecified atom stereocenters. The zero-order valence-electron chi connectivity index (χ0n) is 18.4. The number of methoxy groups -OCH3 is 1. The van der Waals surface area contributed by atoms with Crippen molar-refractivity contribution in [2.45, 2.75) is 0 Å². The van der Waals surface area contributed by atoms with Gasteiger partial charge in [-0.1, -0.05) is 41.4 Å². The van der Waals surface area contributed by atoms with Crippen molar-refractivity contribution in [3.05, 3.63) is 94.0 Å². The molecule has 0 aliphatic heterocycles.